The lowest BCUT2D eigenvalue weighted by Gasteiger charge is -2.37. The van der Waals surface area contributed by atoms with Crippen molar-refractivity contribution in [3.05, 3.63) is 102 Å². The Balaban J connectivity index is 1.43. The molecular weight excluding hydrogens is 474 g/mol. The Morgan fingerprint density at radius 2 is 1.56 bits per heavy atom. The Bertz CT molecular complexity index is 1240. The zero-order valence-electron chi connectivity index (χ0n) is 20.0. The number of primary amides is 1. The summed E-state index contributed by atoms with van der Waals surface area (Å²) in [6.45, 7) is 2.60. The average Bonchev–Trinajstić information content (AvgIpc) is 3.37. The number of sulfone groups is 1. The van der Waals surface area contributed by atoms with E-state index in [9.17, 15) is 18.0 Å². The maximum absolute atomic E-state index is 13.2. The van der Waals surface area contributed by atoms with Crippen molar-refractivity contribution in [1.29, 1.82) is 0 Å². The number of carbonyl (C=O) groups excluding carboxylic acids is 2. The highest BCUT2D eigenvalue weighted by molar-refractivity contribution is 7.91. The van der Waals surface area contributed by atoms with Gasteiger partial charge in [0.2, 0.25) is 5.91 Å². The summed E-state index contributed by atoms with van der Waals surface area (Å²) < 4.78 is 25.2. The van der Waals surface area contributed by atoms with E-state index in [4.69, 9.17) is 5.73 Å². The van der Waals surface area contributed by atoms with Gasteiger partial charge in [0, 0.05) is 25.2 Å². The molecule has 188 valence electrons. The molecule has 7 nitrogen and oxygen atoms in total. The van der Waals surface area contributed by atoms with Gasteiger partial charge in [-0.05, 0) is 42.1 Å². The molecule has 1 heterocycles. The summed E-state index contributed by atoms with van der Waals surface area (Å²) in [6, 6.07) is 25.3. The maximum Gasteiger partial charge on any atom is 0.232 e. The van der Waals surface area contributed by atoms with E-state index in [1.165, 1.54) is 24.3 Å². The van der Waals surface area contributed by atoms with E-state index in [-0.39, 0.29) is 22.6 Å². The number of carbonyl (C=O) groups is 2. The standard InChI is InChI=1S/C28H31N3O4S/c29-27(33)28(23-7-3-1-4-8-23,24-9-5-2-6-10-24)25-15-17-31(19-25)18-16-30-21-36(34,35)26-13-11-22(20-32)12-14-26/h1-14,20,25,30H,15-19,21H2,(H2,29,33). The lowest BCUT2D eigenvalue weighted by atomic mass is 9.64. The van der Waals surface area contributed by atoms with Gasteiger partial charge in [-0.2, -0.15) is 0 Å². The van der Waals surface area contributed by atoms with Crippen LogP contribution in [0.15, 0.2) is 89.8 Å². The van der Waals surface area contributed by atoms with Gasteiger partial charge in [-0.3, -0.25) is 9.59 Å². The van der Waals surface area contributed by atoms with Gasteiger partial charge in [0.1, 0.15) is 17.6 Å². The fourth-order valence-corrected chi connectivity index (χ4v) is 6.33. The number of likely N-dealkylation sites (tertiary alicyclic amines) is 1. The van der Waals surface area contributed by atoms with E-state index in [1.807, 2.05) is 60.7 Å². The number of aldehydes is 1. The number of nitrogens with one attached hydrogen (secondary N) is 1. The van der Waals surface area contributed by atoms with E-state index < -0.39 is 15.3 Å². The summed E-state index contributed by atoms with van der Waals surface area (Å²) in [6.07, 6.45) is 1.48. The molecule has 0 aromatic heterocycles. The van der Waals surface area contributed by atoms with Crippen LogP contribution < -0.4 is 11.1 Å². The largest absolute Gasteiger partial charge is 0.369 e. The van der Waals surface area contributed by atoms with Crippen LogP contribution in [0.5, 0.6) is 0 Å². The summed E-state index contributed by atoms with van der Waals surface area (Å²) in [5, 5.41) is 3.03. The minimum Gasteiger partial charge on any atom is -0.369 e. The Morgan fingerprint density at radius 3 is 2.08 bits per heavy atom. The molecule has 1 aliphatic heterocycles. The van der Waals surface area contributed by atoms with Crippen molar-refractivity contribution in [2.24, 2.45) is 11.7 Å². The molecule has 1 aliphatic rings. The second-order valence-corrected chi connectivity index (χ2v) is 11.1. The van der Waals surface area contributed by atoms with Crippen molar-refractivity contribution in [3.63, 3.8) is 0 Å². The van der Waals surface area contributed by atoms with Crippen LogP contribution in [0.3, 0.4) is 0 Å². The molecule has 0 saturated carbocycles. The van der Waals surface area contributed by atoms with Crippen LogP contribution in [0.25, 0.3) is 0 Å². The van der Waals surface area contributed by atoms with Gasteiger partial charge in [-0.25, -0.2) is 8.42 Å². The van der Waals surface area contributed by atoms with Crippen LogP contribution in [-0.2, 0) is 20.0 Å². The van der Waals surface area contributed by atoms with Crippen LogP contribution >= 0.6 is 0 Å². The van der Waals surface area contributed by atoms with Crippen LogP contribution in [0, 0.1) is 5.92 Å². The van der Waals surface area contributed by atoms with Crippen LogP contribution in [-0.4, -0.2) is 57.6 Å². The van der Waals surface area contributed by atoms with Gasteiger partial charge in [0.25, 0.3) is 0 Å². The molecule has 3 aromatic carbocycles. The summed E-state index contributed by atoms with van der Waals surface area (Å²) >= 11 is 0. The predicted octanol–water partition coefficient (Wildman–Crippen LogP) is 2.61. The molecular formula is C28H31N3O4S. The first kappa shape index (κ1) is 25.8. The second kappa shape index (κ2) is 11.2. The molecule has 36 heavy (non-hydrogen) atoms. The molecule has 1 unspecified atom stereocenters. The van der Waals surface area contributed by atoms with Crippen LogP contribution in [0.4, 0.5) is 0 Å². The number of hydrogen-bond donors (Lipinski definition) is 2. The molecule has 0 bridgehead atoms. The van der Waals surface area contributed by atoms with Crippen molar-refractivity contribution >= 4 is 22.0 Å². The normalized spacial score (nSPS) is 16.6. The Hall–Kier alpha value is -3.33. The van der Waals surface area contributed by atoms with Crippen molar-refractivity contribution in [2.45, 2.75) is 16.7 Å². The summed E-state index contributed by atoms with van der Waals surface area (Å²) in [7, 11) is -3.51. The van der Waals surface area contributed by atoms with E-state index in [0.29, 0.717) is 31.5 Å². The molecule has 1 fully saturated rings. The summed E-state index contributed by atoms with van der Waals surface area (Å²) in [5.74, 6) is -0.569. The molecule has 0 radical (unpaired) electrons. The molecule has 1 amide bonds. The van der Waals surface area contributed by atoms with Crippen molar-refractivity contribution < 1.29 is 18.0 Å². The fourth-order valence-electron chi connectivity index (χ4n) is 5.20. The third-order valence-corrected chi connectivity index (χ3v) is 8.58. The van der Waals surface area contributed by atoms with Gasteiger partial charge >= 0.3 is 0 Å². The van der Waals surface area contributed by atoms with Crippen molar-refractivity contribution in [1.82, 2.24) is 10.2 Å². The topological polar surface area (TPSA) is 110 Å². The quantitative estimate of drug-likeness (QED) is 0.306. The van der Waals surface area contributed by atoms with Gasteiger partial charge in [0.15, 0.2) is 9.84 Å². The van der Waals surface area contributed by atoms with Crippen molar-refractivity contribution in [3.8, 4) is 0 Å². The second-order valence-electron chi connectivity index (χ2n) is 9.14. The molecule has 1 saturated heterocycles. The number of amides is 1. The predicted molar refractivity (Wildman–Crippen MR) is 139 cm³/mol. The first-order chi connectivity index (χ1) is 17.4. The number of rotatable bonds is 11. The minimum atomic E-state index is -3.51. The highest BCUT2D eigenvalue weighted by atomic mass is 32.2. The van der Waals surface area contributed by atoms with Gasteiger partial charge in [-0.1, -0.05) is 72.8 Å². The van der Waals surface area contributed by atoms with E-state index in [0.717, 1.165) is 24.1 Å². The highest BCUT2D eigenvalue weighted by Crippen LogP contribution is 2.43. The molecule has 3 aromatic rings. The molecule has 0 spiro atoms. The van der Waals surface area contributed by atoms with E-state index >= 15 is 0 Å². The molecule has 4 rings (SSSR count). The fraction of sp³-hybridized carbons (Fsp3) is 0.286. The smallest absolute Gasteiger partial charge is 0.232 e. The summed E-state index contributed by atoms with van der Waals surface area (Å²) in [5.41, 5.74) is 7.42. The van der Waals surface area contributed by atoms with Crippen LogP contribution in [0.2, 0.25) is 0 Å². The monoisotopic (exact) mass is 505 g/mol. The van der Waals surface area contributed by atoms with E-state index in [2.05, 4.69) is 10.2 Å². The number of benzene rings is 3. The zero-order chi connectivity index (χ0) is 25.6. The molecule has 8 heteroatoms. The molecule has 1 atom stereocenters. The first-order valence-corrected chi connectivity index (χ1v) is 13.6. The van der Waals surface area contributed by atoms with Crippen molar-refractivity contribution in [2.75, 3.05) is 32.1 Å². The van der Waals surface area contributed by atoms with E-state index in [1.54, 1.807) is 0 Å². The number of nitrogens with two attached hydrogens (primary N) is 1. The van der Waals surface area contributed by atoms with Crippen LogP contribution in [0.1, 0.15) is 27.9 Å². The SMILES string of the molecule is NC(=O)C(c1ccccc1)(c1ccccc1)C1CCN(CCNCS(=O)(=O)c2ccc(C=O)cc2)C1. The van der Waals surface area contributed by atoms with Gasteiger partial charge in [-0.15, -0.1) is 0 Å². The lowest BCUT2D eigenvalue weighted by Crippen LogP contribution is -2.49. The molecule has 3 N–H and O–H groups in total. The highest BCUT2D eigenvalue weighted by Gasteiger charge is 2.49. The average molecular weight is 506 g/mol. The number of nitrogens with zero attached hydrogens (tertiary/aromatic N) is 1. The molecule has 0 aliphatic carbocycles. The maximum atomic E-state index is 13.2. The Kier molecular flexibility index (Phi) is 7.98. The minimum absolute atomic E-state index is 0.0140. The third-order valence-electron chi connectivity index (χ3n) is 7.00. The lowest BCUT2D eigenvalue weighted by molar-refractivity contribution is -0.123. The Morgan fingerprint density at radius 1 is 0.972 bits per heavy atom. The number of hydrogen-bond acceptors (Lipinski definition) is 6. The van der Waals surface area contributed by atoms with Gasteiger partial charge < -0.3 is 16.0 Å². The third kappa shape index (κ3) is 5.26. The van der Waals surface area contributed by atoms with Gasteiger partial charge in [0.05, 0.1) is 4.90 Å². The summed E-state index contributed by atoms with van der Waals surface area (Å²) in [4.78, 5) is 26.4. The Labute approximate surface area is 212 Å². The first-order valence-electron chi connectivity index (χ1n) is 12.0. The zero-order valence-corrected chi connectivity index (χ0v) is 20.9.